The minimum absolute atomic E-state index is 0. The van der Waals surface area contributed by atoms with Gasteiger partial charge in [-0.2, -0.15) is 0 Å². The van der Waals surface area contributed by atoms with Crippen molar-refractivity contribution < 1.29 is 10.2 Å². The van der Waals surface area contributed by atoms with E-state index in [9.17, 15) is 10.2 Å². The molecule has 0 aliphatic carbocycles. The van der Waals surface area contributed by atoms with Crippen LogP contribution in [0.3, 0.4) is 0 Å². The molecule has 2 aromatic rings. The van der Waals surface area contributed by atoms with Crippen LogP contribution in [0.5, 0.6) is 11.5 Å². The number of aryl methyl sites for hydroxylation is 2. The van der Waals surface area contributed by atoms with Gasteiger partial charge in [-0.05, 0) is 25.7 Å². The Hall–Kier alpha value is -0.700. The van der Waals surface area contributed by atoms with Crippen LogP contribution in [-0.4, -0.2) is 37.7 Å². The summed E-state index contributed by atoms with van der Waals surface area (Å²) in [5.74, 6) is 0.400. The predicted octanol–water partition coefficient (Wildman–Crippen LogP) is 6.95. The van der Waals surface area contributed by atoms with Crippen LogP contribution in [0.25, 0.3) is 0 Å². The third-order valence-electron chi connectivity index (χ3n) is 5.54. The van der Waals surface area contributed by atoms with Crippen molar-refractivity contribution in [2.75, 3.05) is 0 Å². The monoisotopic (exact) mass is 450 g/mol. The fraction of sp³-hybridized carbons (Fsp3) is 0.571. The van der Waals surface area contributed by atoms with E-state index in [2.05, 4.69) is 13.8 Å². The maximum atomic E-state index is 11.4. The fourth-order valence-electron chi connectivity index (χ4n) is 3.61. The Morgan fingerprint density at radius 1 is 0.484 bits per heavy atom. The molecule has 2 aromatic carbocycles. The van der Waals surface area contributed by atoms with Gasteiger partial charge in [0.05, 0.1) is 0 Å². The van der Waals surface area contributed by atoms with Gasteiger partial charge in [0.2, 0.25) is 0 Å². The van der Waals surface area contributed by atoms with Gasteiger partial charge >= 0.3 is 37.7 Å². The van der Waals surface area contributed by atoms with Crippen molar-refractivity contribution in [2.45, 2.75) is 104 Å². The summed E-state index contributed by atoms with van der Waals surface area (Å²) >= 11 is 0. The van der Waals surface area contributed by atoms with Gasteiger partial charge in [-0.25, -0.2) is 0 Å². The zero-order chi connectivity index (χ0) is 21.9. The summed E-state index contributed by atoms with van der Waals surface area (Å²) in [6.07, 6.45) is 17.3. The van der Waals surface area contributed by atoms with Crippen molar-refractivity contribution >= 4 is 37.7 Å². The number of unbranched alkanes of at least 4 members (excludes halogenated alkanes) is 10. The SMILES string of the molecule is CCCCCCCCc1ccccc1[O-].CCCCCCCCc1ccccc1[O-].[Ca+2]. The molecule has 168 valence electrons. The van der Waals surface area contributed by atoms with E-state index in [0.29, 0.717) is 0 Å². The molecule has 0 radical (unpaired) electrons. The van der Waals surface area contributed by atoms with Crippen molar-refractivity contribution in [1.29, 1.82) is 0 Å². The second-order valence-electron chi connectivity index (χ2n) is 8.25. The molecule has 0 aliphatic rings. The Kier molecular flexibility index (Phi) is 20.7. The van der Waals surface area contributed by atoms with E-state index in [1.807, 2.05) is 36.4 Å². The number of benzene rings is 2. The second kappa shape index (κ2) is 21.2. The van der Waals surface area contributed by atoms with Crippen molar-refractivity contribution in [3.05, 3.63) is 59.7 Å². The van der Waals surface area contributed by atoms with Crippen LogP contribution in [0.4, 0.5) is 0 Å². The number of para-hydroxylation sites is 2. The molecule has 0 atom stereocenters. The van der Waals surface area contributed by atoms with Crippen molar-refractivity contribution in [1.82, 2.24) is 0 Å². The van der Waals surface area contributed by atoms with Crippen LogP contribution < -0.4 is 10.2 Å². The van der Waals surface area contributed by atoms with Gasteiger partial charge in [-0.15, -0.1) is 11.5 Å². The van der Waals surface area contributed by atoms with E-state index in [0.717, 1.165) is 36.8 Å². The van der Waals surface area contributed by atoms with Gasteiger partial charge < -0.3 is 10.2 Å². The molecule has 31 heavy (non-hydrogen) atoms. The number of hydrogen-bond acceptors (Lipinski definition) is 2. The third kappa shape index (κ3) is 15.7. The van der Waals surface area contributed by atoms with Crippen LogP contribution in [0.1, 0.15) is 102 Å². The zero-order valence-electron chi connectivity index (χ0n) is 20.0. The maximum Gasteiger partial charge on any atom is 2.00 e. The quantitative estimate of drug-likeness (QED) is 0.231. The van der Waals surface area contributed by atoms with Crippen LogP contribution >= 0.6 is 0 Å². The van der Waals surface area contributed by atoms with Crippen LogP contribution in [-0.2, 0) is 12.8 Å². The Morgan fingerprint density at radius 2 is 0.806 bits per heavy atom. The van der Waals surface area contributed by atoms with E-state index in [-0.39, 0.29) is 49.2 Å². The fourth-order valence-corrected chi connectivity index (χ4v) is 3.61. The van der Waals surface area contributed by atoms with Gasteiger partial charge in [0.1, 0.15) is 0 Å². The number of hydrogen-bond donors (Lipinski definition) is 0. The van der Waals surface area contributed by atoms with Crippen molar-refractivity contribution in [3.8, 4) is 11.5 Å². The average molecular weight is 451 g/mol. The summed E-state index contributed by atoms with van der Waals surface area (Å²) in [5, 5.41) is 22.8. The Balaban J connectivity index is 0.000000562. The summed E-state index contributed by atoms with van der Waals surface area (Å²) in [6, 6.07) is 14.8. The first-order valence-corrected chi connectivity index (χ1v) is 12.2. The Labute approximate surface area is 221 Å². The van der Waals surface area contributed by atoms with Crippen LogP contribution in [0.2, 0.25) is 0 Å². The van der Waals surface area contributed by atoms with Gasteiger partial charge in [0, 0.05) is 0 Å². The Bertz CT molecular complexity index is 599. The zero-order valence-corrected chi connectivity index (χ0v) is 22.3. The van der Waals surface area contributed by atoms with E-state index < -0.39 is 0 Å². The molecule has 0 aliphatic heterocycles. The molecule has 0 N–H and O–H groups in total. The van der Waals surface area contributed by atoms with Gasteiger partial charge in [-0.3, -0.25) is 0 Å². The molecule has 0 fully saturated rings. The minimum atomic E-state index is 0. The first-order chi connectivity index (χ1) is 14.7. The number of rotatable bonds is 14. The predicted molar refractivity (Wildman–Crippen MR) is 132 cm³/mol. The molecule has 0 heterocycles. The summed E-state index contributed by atoms with van der Waals surface area (Å²) in [4.78, 5) is 0. The molecule has 0 aromatic heterocycles. The average Bonchev–Trinajstić information content (AvgIpc) is 2.76. The van der Waals surface area contributed by atoms with E-state index in [1.54, 1.807) is 12.1 Å². The molecule has 2 rings (SSSR count). The summed E-state index contributed by atoms with van der Waals surface area (Å²) in [5.41, 5.74) is 1.96. The molecule has 0 saturated carbocycles. The summed E-state index contributed by atoms with van der Waals surface area (Å²) in [6.45, 7) is 4.46. The topological polar surface area (TPSA) is 46.1 Å². The van der Waals surface area contributed by atoms with Crippen molar-refractivity contribution in [2.24, 2.45) is 0 Å². The maximum absolute atomic E-state index is 11.4. The molecule has 0 unspecified atom stereocenters. The molecule has 2 nitrogen and oxygen atoms in total. The van der Waals surface area contributed by atoms with E-state index in [4.69, 9.17) is 0 Å². The summed E-state index contributed by atoms with van der Waals surface area (Å²) < 4.78 is 0. The molecule has 0 amide bonds. The normalized spacial score (nSPS) is 10.1. The molecule has 0 bridgehead atoms. The van der Waals surface area contributed by atoms with E-state index in [1.165, 1.54) is 64.2 Å². The summed E-state index contributed by atoms with van der Waals surface area (Å²) in [7, 11) is 0. The molecule has 3 heteroatoms. The van der Waals surface area contributed by atoms with Gasteiger partial charge in [0.15, 0.2) is 0 Å². The van der Waals surface area contributed by atoms with Crippen LogP contribution in [0.15, 0.2) is 48.5 Å². The third-order valence-corrected chi connectivity index (χ3v) is 5.54. The minimum Gasteiger partial charge on any atom is -0.872 e. The van der Waals surface area contributed by atoms with E-state index >= 15 is 0 Å². The standard InChI is InChI=1S/2C14H22O.Ca/c2*1-2-3-4-5-6-7-10-13-11-8-9-12-14(13)15;/h2*8-9,11-12,15H,2-7,10H2,1H3;/q;;+2/p-2. The first-order valence-electron chi connectivity index (χ1n) is 12.2. The van der Waals surface area contributed by atoms with Crippen molar-refractivity contribution in [3.63, 3.8) is 0 Å². The first kappa shape index (κ1) is 30.3. The molecule has 0 spiro atoms. The largest absolute Gasteiger partial charge is 2.00 e. The smallest absolute Gasteiger partial charge is 0.872 e. The molecular formula is C28H42CaO2. The Morgan fingerprint density at radius 3 is 1.16 bits per heavy atom. The van der Waals surface area contributed by atoms with Gasteiger partial charge in [-0.1, -0.05) is 138 Å². The van der Waals surface area contributed by atoms with Gasteiger partial charge in [0.25, 0.3) is 0 Å². The molecule has 0 saturated heterocycles. The van der Waals surface area contributed by atoms with Crippen LogP contribution in [0, 0.1) is 0 Å². The molecular weight excluding hydrogens is 408 g/mol. The second-order valence-corrected chi connectivity index (χ2v) is 8.25.